The van der Waals surface area contributed by atoms with Crippen molar-refractivity contribution in [2.24, 2.45) is 5.92 Å². The fraction of sp³-hybridized carbons (Fsp3) is 0.278. The zero-order valence-electron chi connectivity index (χ0n) is 13.9. The van der Waals surface area contributed by atoms with Crippen LogP contribution in [-0.4, -0.2) is 25.1 Å². The van der Waals surface area contributed by atoms with E-state index in [2.05, 4.69) is 5.32 Å². The van der Waals surface area contributed by atoms with Gasteiger partial charge in [-0.1, -0.05) is 12.1 Å². The third-order valence-electron chi connectivity index (χ3n) is 4.32. The van der Waals surface area contributed by atoms with Crippen LogP contribution in [0.2, 0.25) is 0 Å². The molecule has 1 saturated carbocycles. The van der Waals surface area contributed by atoms with Crippen LogP contribution in [0.4, 0.5) is 11.4 Å². The number of carbonyl (C=O) groups excluding carboxylic acids is 1. The number of hydrogen-bond donors (Lipinski definition) is 1. The molecule has 25 heavy (non-hydrogen) atoms. The Morgan fingerprint density at radius 3 is 2.48 bits per heavy atom. The molecule has 2 atom stereocenters. The molecule has 1 aliphatic carbocycles. The van der Waals surface area contributed by atoms with Gasteiger partial charge in [0.25, 0.3) is 5.69 Å². The third kappa shape index (κ3) is 3.55. The molecule has 0 spiro atoms. The maximum absolute atomic E-state index is 12.5. The average molecular weight is 342 g/mol. The zero-order valence-corrected chi connectivity index (χ0v) is 13.9. The first kappa shape index (κ1) is 16.8. The van der Waals surface area contributed by atoms with E-state index in [-0.39, 0.29) is 23.4 Å². The fourth-order valence-corrected chi connectivity index (χ4v) is 2.84. The Morgan fingerprint density at radius 1 is 1.16 bits per heavy atom. The summed E-state index contributed by atoms with van der Waals surface area (Å²) in [5, 5.41) is 13.7. The number of ether oxygens (including phenoxy) is 2. The van der Waals surface area contributed by atoms with Gasteiger partial charge in [0.05, 0.1) is 24.8 Å². The van der Waals surface area contributed by atoms with Crippen LogP contribution in [0, 0.1) is 16.0 Å². The number of nitrogens with zero attached hydrogens (tertiary/aromatic N) is 1. The van der Waals surface area contributed by atoms with Crippen molar-refractivity contribution in [1.29, 1.82) is 0 Å². The molecule has 1 fully saturated rings. The smallest absolute Gasteiger partial charge is 0.271 e. The summed E-state index contributed by atoms with van der Waals surface area (Å²) in [5.41, 5.74) is 1.28. The summed E-state index contributed by atoms with van der Waals surface area (Å²) in [6.45, 7) is 0. The molecule has 0 aliphatic heterocycles. The van der Waals surface area contributed by atoms with Gasteiger partial charge in [-0.15, -0.1) is 0 Å². The number of nitrogens with one attached hydrogen (secondary N) is 1. The maximum atomic E-state index is 12.5. The number of hydrogen-bond acceptors (Lipinski definition) is 5. The number of benzene rings is 2. The van der Waals surface area contributed by atoms with Crippen molar-refractivity contribution in [1.82, 2.24) is 0 Å². The van der Waals surface area contributed by atoms with Gasteiger partial charge in [0.1, 0.15) is 11.5 Å². The molecule has 0 radical (unpaired) electrons. The third-order valence-corrected chi connectivity index (χ3v) is 4.32. The van der Waals surface area contributed by atoms with E-state index in [0.717, 1.165) is 17.7 Å². The molecule has 7 nitrogen and oxygen atoms in total. The molecule has 2 unspecified atom stereocenters. The number of carbonyl (C=O) groups is 1. The highest BCUT2D eigenvalue weighted by Crippen LogP contribution is 2.48. The Labute approximate surface area is 144 Å². The molecule has 3 rings (SSSR count). The topological polar surface area (TPSA) is 90.7 Å². The summed E-state index contributed by atoms with van der Waals surface area (Å²) in [6.07, 6.45) is 0.745. The van der Waals surface area contributed by atoms with Crippen molar-refractivity contribution in [2.75, 3.05) is 19.5 Å². The second-order valence-corrected chi connectivity index (χ2v) is 5.85. The van der Waals surface area contributed by atoms with E-state index >= 15 is 0 Å². The summed E-state index contributed by atoms with van der Waals surface area (Å²) >= 11 is 0. The Bertz CT molecular complexity index is 804. The summed E-state index contributed by atoms with van der Waals surface area (Å²) < 4.78 is 10.3. The molecule has 0 heterocycles. The van der Waals surface area contributed by atoms with E-state index in [1.165, 1.54) is 25.3 Å². The number of non-ortho nitro benzene ring substituents is 1. The number of nitro benzene ring substituents is 1. The molecule has 0 bridgehead atoms. The lowest BCUT2D eigenvalue weighted by molar-refractivity contribution is -0.384. The van der Waals surface area contributed by atoms with E-state index in [9.17, 15) is 14.9 Å². The Balaban J connectivity index is 1.71. The molecular formula is C18H18N2O5. The molecule has 1 amide bonds. The fourth-order valence-electron chi connectivity index (χ4n) is 2.84. The van der Waals surface area contributed by atoms with Crippen LogP contribution in [0.1, 0.15) is 17.9 Å². The van der Waals surface area contributed by atoms with Crippen molar-refractivity contribution >= 4 is 17.3 Å². The lowest BCUT2D eigenvalue weighted by atomic mass is 10.1. The minimum absolute atomic E-state index is 0.0985. The number of rotatable bonds is 6. The predicted octanol–water partition coefficient (Wildman–Crippen LogP) is 3.35. The van der Waals surface area contributed by atoms with E-state index in [1.54, 1.807) is 7.11 Å². The highest BCUT2D eigenvalue weighted by molar-refractivity contribution is 5.96. The molecule has 1 N–H and O–H groups in total. The quantitative estimate of drug-likeness (QED) is 0.642. The van der Waals surface area contributed by atoms with Gasteiger partial charge in [0, 0.05) is 18.1 Å². The van der Waals surface area contributed by atoms with Crippen molar-refractivity contribution < 1.29 is 19.2 Å². The number of anilines is 1. The maximum Gasteiger partial charge on any atom is 0.271 e. The first-order valence-electron chi connectivity index (χ1n) is 7.80. The average Bonchev–Trinajstić information content (AvgIpc) is 3.42. The van der Waals surface area contributed by atoms with Crippen LogP contribution < -0.4 is 14.8 Å². The van der Waals surface area contributed by atoms with Gasteiger partial charge in [-0.05, 0) is 36.1 Å². The van der Waals surface area contributed by atoms with E-state index in [4.69, 9.17) is 9.47 Å². The molecule has 7 heteroatoms. The summed E-state index contributed by atoms with van der Waals surface area (Å²) in [6, 6.07) is 11.8. The Kier molecular flexibility index (Phi) is 4.56. The molecule has 2 aromatic rings. The standard InChI is InChI=1S/C18H18N2O5/c1-24-13-6-3-11(4-7-13)14-10-15(14)18(21)19-16-9-12(20(22)23)5-8-17(16)25-2/h3-9,14-15H,10H2,1-2H3,(H,19,21). The van der Waals surface area contributed by atoms with Crippen molar-refractivity contribution in [3.63, 3.8) is 0 Å². The molecule has 0 aromatic heterocycles. The first-order chi connectivity index (χ1) is 12.0. The van der Waals surface area contributed by atoms with Gasteiger partial charge in [-0.25, -0.2) is 0 Å². The minimum atomic E-state index is -0.508. The summed E-state index contributed by atoms with van der Waals surface area (Å²) in [5.74, 6) is 0.986. The van der Waals surface area contributed by atoms with Crippen LogP contribution in [0.25, 0.3) is 0 Å². The van der Waals surface area contributed by atoms with Gasteiger partial charge in [0.2, 0.25) is 5.91 Å². The highest BCUT2D eigenvalue weighted by atomic mass is 16.6. The van der Waals surface area contributed by atoms with Crippen molar-refractivity contribution in [2.45, 2.75) is 12.3 Å². The van der Waals surface area contributed by atoms with Crippen LogP contribution in [0.3, 0.4) is 0 Å². The molecular weight excluding hydrogens is 324 g/mol. The Morgan fingerprint density at radius 2 is 1.88 bits per heavy atom. The van der Waals surface area contributed by atoms with Gasteiger partial charge in [-0.2, -0.15) is 0 Å². The highest BCUT2D eigenvalue weighted by Gasteiger charge is 2.44. The minimum Gasteiger partial charge on any atom is -0.497 e. The molecule has 2 aromatic carbocycles. The second kappa shape index (κ2) is 6.80. The molecule has 1 aliphatic rings. The SMILES string of the molecule is COc1ccc(C2CC2C(=O)Nc2cc([N+](=O)[O-])ccc2OC)cc1. The van der Waals surface area contributed by atoms with Crippen molar-refractivity contribution in [3.05, 3.63) is 58.1 Å². The van der Waals surface area contributed by atoms with Crippen LogP contribution in [-0.2, 0) is 4.79 Å². The Hall–Kier alpha value is -3.09. The molecule has 0 saturated heterocycles. The largest absolute Gasteiger partial charge is 0.497 e. The second-order valence-electron chi connectivity index (χ2n) is 5.85. The monoisotopic (exact) mass is 342 g/mol. The first-order valence-corrected chi connectivity index (χ1v) is 7.80. The summed E-state index contributed by atoms with van der Waals surface area (Å²) in [7, 11) is 3.06. The number of methoxy groups -OCH3 is 2. The van der Waals surface area contributed by atoms with E-state index in [1.807, 2.05) is 24.3 Å². The zero-order chi connectivity index (χ0) is 18.0. The van der Waals surface area contributed by atoms with Gasteiger partial charge in [-0.3, -0.25) is 14.9 Å². The van der Waals surface area contributed by atoms with E-state index in [0.29, 0.717) is 11.4 Å². The predicted molar refractivity (Wildman–Crippen MR) is 92.1 cm³/mol. The van der Waals surface area contributed by atoms with E-state index < -0.39 is 4.92 Å². The lowest BCUT2D eigenvalue weighted by Crippen LogP contribution is -2.15. The summed E-state index contributed by atoms with van der Waals surface area (Å²) in [4.78, 5) is 22.9. The number of amides is 1. The van der Waals surface area contributed by atoms with Crippen molar-refractivity contribution in [3.8, 4) is 11.5 Å². The van der Waals surface area contributed by atoms with Gasteiger partial charge in [0.15, 0.2) is 0 Å². The van der Waals surface area contributed by atoms with Crippen LogP contribution in [0.15, 0.2) is 42.5 Å². The van der Waals surface area contributed by atoms with Gasteiger partial charge >= 0.3 is 0 Å². The lowest BCUT2D eigenvalue weighted by Gasteiger charge is -2.10. The van der Waals surface area contributed by atoms with Gasteiger partial charge < -0.3 is 14.8 Å². The van der Waals surface area contributed by atoms with Crippen LogP contribution in [0.5, 0.6) is 11.5 Å². The van der Waals surface area contributed by atoms with Crippen LogP contribution >= 0.6 is 0 Å². The molecule has 130 valence electrons. The normalized spacial score (nSPS) is 18.3. The number of nitro groups is 1.